The molecule has 10 rings (SSSR count). The summed E-state index contributed by atoms with van der Waals surface area (Å²) in [6, 6.07) is 17.4. The molecule has 5 aromatic carbocycles. The number of nitrogens with zero attached hydrogens (tertiary/aromatic N) is 2. The van der Waals surface area contributed by atoms with Gasteiger partial charge in [0.05, 0.1) is 34.6 Å². The lowest BCUT2D eigenvalue weighted by Crippen LogP contribution is -2.31. The lowest BCUT2D eigenvalue weighted by Gasteiger charge is -2.31. The van der Waals surface area contributed by atoms with Gasteiger partial charge in [-0.15, -0.1) is 0 Å². The number of carbonyl (C=O) groups excluding carboxylic acids is 2. The highest BCUT2D eigenvalue weighted by Crippen LogP contribution is 2.52. The van der Waals surface area contributed by atoms with Gasteiger partial charge in [-0.05, 0) is 153 Å². The molecule has 0 fully saturated rings. The minimum absolute atomic E-state index is 0.0216. The quantitative estimate of drug-likeness (QED) is 0.0475. The first-order valence-electron chi connectivity index (χ1n) is 27.5. The first kappa shape index (κ1) is 57.9. The van der Waals surface area contributed by atoms with Crippen molar-refractivity contribution in [2.24, 2.45) is 15.9 Å². The number of H-pyrrole nitrogens is 2. The Bertz CT molecular complexity index is 3730. The van der Waals surface area contributed by atoms with Crippen molar-refractivity contribution >= 4 is 44.8 Å². The van der Waals surface area contributed by atoms with E-state index in [9.17, 15) is 40.2 Å². The van der Waals surface area contributed by atoms with Gasteiger partial charge in [0.1, 0.15) is 34.5 Å². The zero-order valence-electron chi connectivity index (χ0n) is 48.3. The van der Waals surface area contributed by atoms with Crippen LogP contribution in [0.25, 0.3) is 21.8 Å². The van der Waals surface area contributed by atoms with Crippen LogP contribution in [0.5, 0.6) is 34.5 Å². The first-order chi connectivity index (χ1) is 37.8. The second kappa shape index (κ2) is 22.5. The van der Waals surface area contributed by atoms with Gasteiger partial charge in [-0.25, -0.2) is 0 Å². The number of hydrogen-bond acceptors (Lipinski definition) is 12. The van der Waals surface area contributed by atoms with Crippen molar-refractivity contribution in [2.75, 3.05) is 13.1 Å². The SMILES string of the molecule is CC1=C(C(C2=NCCc3c2[nH]c2cc(C)ccc32)c2c(C)c(O)cc(C(C)C)c2O)C(=O)C(C(C)C)=CC1=O.Cc1ccc2c3c([nH]c2c1)C(C(c1c(C)c(O)cc(C(C)C)c1O)c1c(C)c(O)cc(C(C)C)c1O)=NCC3.O=O. The summed E-state index contributed by atoms with van der Waals surface area (Å²) in [5.41, 5.74) is 15.2. The van der Waals surface area contributed by atoms with E-state index in [1.807, 2.05) is 62.3 Å². The Morgan fingerprint density at radius 2 is 0.850 bits per heavy atom. The fourth-order valence-corrected chi connectivity index (χ4v) is 12.1. The van der Waals surface area contributed by atoms with Crippen LogP contribution in [0.4, 0.5) is 0 Å². The molecule has 0 spiro atoms. The van der Waals surface area contributed by atoms with Gasteiger partial charge in [-0.2, -0.15) is 0 Å². The molecule has 418 valence electrons. The van der Waals surface area contributed by atoms with Gasteiger partial charge in [0.15, 0.2) is 11.6 Å². The fourth-order valence-electron chi connectivity index (χ4n) is 12.1. The molecule has 1 aliphatic carbocycles. The molecule has 7 aromatic rings. The maximum atomic E-state index is 14.1. The monoisotopic (exact) mass is 1080 g/mol. The molecule has 1 unspecified atom stereocenters. The number of aliphatic imine (C=N–C) groups is 2. The molecule has 1 atom stereocenters. The normalized spacial score (nSPS) is 14.8. The average Bonchev–Trinajstić information content (AvgIpc) is 3.99. The highest BCUT2D eigenvalue weighted by Gasteiger charge is 2.42. The Morgan fingerprint density at radius 3 is 1.21 bits per heavy atom. The second-order valence-electron chi connectivity index (χ2n) is 23.0. The van der Waals surface area contributed by atoms with Gasteiger partial charge in [-0.1, -0.05) is 79.7 Å². The molecule has 0 saturated carbocycles. The van der Waals surface area contributed by atoms with Gasteiger partial charge in [0.25, 0.3) is 0 Å². The zero-order valence-corrected chi connectivity index (χ0v) is 48.3. The third-order valence-electron chi connectivity index (χ3n) is 16.5. The number of Topliss-reactive ketones (excluding diaryl/α,β-unsaturated/α-hetero) is 1. The minimum atomic E-state index is -0.846. The molecule has 2 aliphatic heterocycles. The number of aromatic nitrogens is 2. The van der Waals surface area contributed by atoms with E-state index in [1.54, 1.807) is 45.9 Å². The molecule has 0 radical (unpaired) electrons. The molecule has 0 bridgehead atoms. The number of aromatic hydroxyl groups is 6. The number of hydrogen-bond donors (Lipinski definition) is 8. The van der Waals surface area contributed by atoms with E-state index in [4.69, 9.17) is 19.9 Å². The number of rotatable bonds is 10. The number of ketones is 2. The summed E-state index contributed by atoms with van der Waals surface area (Å²) in [6.45, 7) is 27.7. The Hall–Kier alpha value is -8.26. The molecule has 3 aliphatic rings. The molecule has 14 heteroatoms. The Morgan fingerprint density at radius 1 is 0.487 bits per heavy atom. The Balaban J connectivity index is 0.000000204. The predicted octanol–water partition coefficient (Wildman–Crippen LogP) is 13.9. The maximum absolute atomic E-state index is 14.1. The van der Waals surface area contributed by atoms with Crippen molar-refractivity contribution in [3.05, 3.63) is 171 Å². The standard InChI is InChI=1S/C33H38N2O4.C33H36N2O4.O2/c2*1-15(2)22-13-25(36)18(6)27(32(22)38)29(28-19(7)26(37)14-23(16(3)4)33(28)39)31-30-21(10-11-34-31)20-9-8-17(5)12-24(20)35-30;1-2/h8-9,12-16,29,35-39H,10-11H2,1-7H3;8-9,12-16,29,35-36,38H,10-11H2,1-7H3;. The van der Waals surface area contributed by atoms with Crippen LogP contribution in [0.1, 0.15) is 176 Å². The molecule has 80 heavy (non-hydrogen) atoms. The van der Waals surface area contributed by atoms with Gasteiger partial charge in [0.2, 0.25) is 0 Å². The number of benzene rings is 5. The smallest absolute Gasteiger partial charge is 0.186 e. The maximum Gasteiger partial charge on any atom is 0.186 e. The summed E-state index contributed by atoms with van der Waals surface area (Å²) in [5.74, 6) is -2.04. The number of fused-ring (bicyclic) bond motifs is 6. The molecular weight excluding hydrogens is 1010 g/mol. The molecule has 4 heterocycles. The van der Waals surface area contributed by atoms with Crippen molar-refractivity contribution < 1.29 is 40.2 Å². The topological polar surface area (TPSA) is 246 Å². The summed E-state index contributed by atoms with van der Waals surface area (Å²) < 4.78 is 0. The third kappa shape index (κ3) is 9.98. The van der Waals surface area contributed by atoms with Crippen LogP contribution in [0.15, 0.2) is 87.4 Å². The highest BCUT2D eigenvalue weighted by atomic mass is 16.7. The molecule has 2 aromatic heterocycles. The Labute approximate surface area is 467 Å². The fraction of sp³-hybridized carbons (Fsp3) is 0.364. The number of carbonyl (C=O) groups is 2. The second-order valence-corrected chi connectivity index (χ2v) is 23.0. The van der Waals surface area contributed by atoms with E-state index in [2.05, 4.69) is 53.3 Å². The largest absolute Gasteiger partial charge is 0.508 e. The number of nitrogens with one attached hydrogen (secondary N) is 2. The number of aromatic amines is 2. The number of aryl methyl sites for hydroxylation is 2. The van der Waals surface area contributed by atoms with Crippen molar-refractivity contribution in [3.63, 3.8) is 0 Å². The molecule has 0 saturated heterocycles. The molecule has 8 N–H and O–H groups in total. The lowest BCUT2D eigenvalue weighted by atomic mass is 9.72. The van der Waals surface area contributed by atoms with Crippen LogP contribution in [-0.4, -0.2) is 76.7 Å². The van der Waals surface area contributed by atoms with Crippen LogP contribution in [0.2, 0.25) is 0 Å². The summed E-state index contributed by atoms with van der Waals surface area (Å²) in [6.07, 6.45) is 2.94. The molecule has 14 nitrogen and oxygen atoms in total. The van der Waals surface area contributed by atoms with Gasteiger partial charge < -0.3 is 40.6 Å². The summed E-state index contributed by atoms with van der Waals surface area (Å²) in [5, 5.41) is 70.6. The van der Waals surface area contributed by atoms with Crippen molar-refractivity contribution in [1.82, 2.24) is 9.97 Å². The third-order valence-corrected chi connectivity index (χ3v) is 16.5. The number of phenols is 6. The van der Waals surface area contributed by atoms with E-state index >= 15 is 0 Å². The predicted molar refractivity (Wildman–Crippen MR) is 319 cm³/mol. The molecular formula is C66H74N4O10. The first-order valence-corrected chi connectivity index (χ1v) is 27.5. The van der Waals surface area contributed by atoms with Crippen LogP contribution < -0.4 is 0 Å². The average molecular weight is 1080 g/mol. The van der Waals surface area contributed by atoms with Crippen molar-refractivity contribution in [3.8, 4) is 34.5 Å². The van der Waals surface area contributed by atoms with E-state index in [1.165, 1.54) is 6.08 Å². The van der Waals surface area contributed by atoms with Crippen molar-refractivity contribution in [2.45, 2.75) is 139 Å². The number of allylic oxidation sites excluding steroid dienone is 4. The summed E-state index contributed by atoms with van der Waals surface area (Å²) in [4.78, 5) is 58.5. The van der Waals surface area contributed by atoms with Gasteiger partial charge in [-0.3, -0.25) is 19.6 Å². The summed E-state index contributed by atoms with van der Waals surface area (Å²) >= 11 is 0. The lowest BCUT2D eigenvalue weighted by molar-refractivity contribution is -0.116. The van der Waals surface area contributed by atoms with E-state index < -0.39 is 11.8 Å². The van der Waals surface area contributed by atoms with Crippen LogP contribution in [-0.2, 0) is 22.4 Å². The van der Waals surface area contributed by atoms with E-state index in [-0.39, 0.29) is 69.7 Å². The van der Waals surface area contributed by atoms with Gasteiger partial charge >= 0.3 is 0 Å². The molecule has 0 amide bonds. The van der Waals surface area contributed by atoms with Crippen molar-refractivity contribution in [1.29, 1.82) is 0 Å². The van der Waals surface area contributed by atoms with Crippen LogP contribution in [0.3, 0.4) is 0 Å². The number of phenolic OH excluding ortho intramolecular Hbond substituents is 6. The van der Waals surface area contributed by atoms with E-state index in [0.717, 1.165) is 68.3 Å². The Kier molecular flexibility index (Phi) is 16.3. The van der Waals surface area contributed by atoms with Gasteiger partial charge in [0, 0.05) is 94.9 Å². The van der Waals surface area contributed by atoms with Crippen LogP contribution in [0, 0.1) is 50.5 Å². The van der Waals surface area contributed by atoms with E-state index in [0.29, 0.717) is 91.3 Å². The summed E-state index contributed by atoms with van der Waals surface area (Å²) in [7, 11) is 0. The highest BCUT2D eigenvalue weighted by molar-refractivity contribution is 6.27. The van der Waals surface area contributed by atoms with Crippen LogP contribution >= 0.6 is 0 Å². The minimum Gasteiger partial charge on any atom is -0.508 e. The zero-order chi connectivity index (χ0) is 58.7.